The van der Waals surface area contributed by atoms with Gasteiger partial charge in [-0.25, -0.2) is 0 Å². The zero-order valence-corrected chi connectivity index (χ0v) is 18.4. The minimum absolute atomic E-state index is 0.0394. The normalized spacial score (nSPS) is 15.7. The minimum atomic E-state index is -0.0394. The molecule has 0 saturated heterocycles. The van der Waals surface area contributed by atoms with E-state index in [0.717, 1.165) is 31.1 Å². The summed E-state index contributed by atoms with van der Waals surface area (Å²) in [7, 11) is 0. The zero-order chi connectivity index (χ0) is 20.4. The minimum Gasteiger partial charge on any atom is -0.359 e. The van der Waals surface area contributed by atoms with Crippen molar-refractivity contribution in [3.63, 3.8) is 0 Å². The number of hydrogen-bond donors (Lipinski definition) is 1. The zero-order valence-electron chi connectivity index (χ0n) is 17.6. The highest BCUT2D eigenvalue weighted by Gasteiger charge is 2.22. The molecule has 1 N–H and O–H groups in total. The SMILES string of the molecule is CC(c1ccccc1)N1CCc2ccc(SNc3cc(C(C)(C)C)on3)cc2C1. The van der Waals surface area contributed by atoms with Gasteiger partial charge in [-0.2, -0.15) is 0 Å². The first-order valence-electron chi connectivity index (χ1n) is 10.2. The van der Waals surface area contributed by atoms with Crippen molar-refractivity contribution in [3.05, 3.63) is 77.0 Å². The topological polar surface area (TPSA) is 41.3 Å². The van der Waals surface area contributed by atoms with Crippen LogP contribution in [0.1, 0.15) is 56.2 Å². The summed E-state index contributed by atoms with van der Waals surface area (Å²) in [4.78, 5) is 3.76. The highest BCUT2D eigenvalue weighted by atomic mass is 32.2. The first-order valence-corrected chi connectivity index (χ1v) is 11.0. The number of fused-ring (bicyclic) bond motifs is 1. The molecular weight excluding hydrogens is 378 g/mol. The summed E-state index contributed by atoms with van der Waals surface area (Å²) >= 11 is 1.59. The summed E-state index contributed by atoms with van der Waals surface area (Å²) in [5, 5.41) is 4.14. The third kappa shape index (κ3) is 4.68. The van der Waals surface area contributed by atoms with Crippen LogP contribution in [0, 0.1) is 0 Å². The quantitative estimate of drug-likeness (QED) is 0.509. The van der Waals surface area contributed by atoms with Crippen molar-refractivity contribution in [3.8, 4) is 0 Å². The summed E-state index contributed by atoms with van der Waals surface area (Å²) in [6, 6.07) is 19.9. The fourth-order valence-electron chi connectivity index (χ4n) is 3.68. The molecule has 5 heteroatoms. The van der Waals surface area contributed by atoms with Gasteiger partial charge in [0.25, 0.3) is 0 Å². The van der Waals surface area contributed by atoms with Crippen molar-refractivity contribution in [1.29, 1.82) is 0 Å². The van der Waals surface area contributed by atoms with Crippen LogP contribution in [-0.4, -0.2) is 16.6 Å². The van der Waals surface area contributed by atoms with Crippen molar-refractivity contribution in [2.75, 3.05) is 11.3 Å². The molecule has 1 aliphatic heterocycles. The molecule has 0 bridgehead atoms. The van der Waals surface area contributed by atoms with Crippen LogP contribution in [-0.2, 0) is 18.4 Å². The number of anilines is 1. The van der Waals surface area contributed by atoms with E-state index in [-0.39, 0.29) is 5.41 Å². The number of aromatic nitrogens is 1. The average Bonchev–Trinajstić information content (AvgIpc) is 3.21. The van der Waals surface area contributed by atoms with Gasteiger partial charge in [-0.15, -0.1) is 0 Å². The molecule has 4 nitrogen and oxygen atoms in total. The van der Waals surface area contributed by atoms with Crippen LogP contribution in [0.4, 0.5) is 5.82 Å². The third-order valence-corrected chi connectivity index (χ3v) is 6.37. The third-order valence-electron chi connectivity index (χ3n) is 5.57. The molecule has 1 aliphatic rings. The largest absolute Gasteiger partial charge is 0.359 e. The van der Waals surface area contributed by atoms with Gasteiger partial charge in [0, 0.05) is 35.5 Å². The number of nitrogens with zero attached hydrogens (tertiary/aromatic N) is 2. The molecule has 0 saturated carbocycles. The van der Waals surface area contributed by atoms with E-state index in [0.29, 0.717) is 6.04 Å². The Bertz CT molecular complexity index is 962. The van der Waals surface area contributed by atoms with Crippen LogP contribution < -0.4 is 4.72 Å². The highest BCUT2D eigenvalue weighted by Crippen LogP contribution is 2.31. The summed E-state index contributed by atoms with van der Waals surface area (Å²) in [5.74, 6) is 1.65. The van der Waals surface area contributed by atoms with Gasteiger partial charge in [-0.1, -0.05) is 62.3 Å². The lowest BCUT2D eigenvalue weighted by Crippen LogP contribution is -2.32. The van der Waals surface area contributed by atoms with Crippen molar-refractivity contribution in [2.24, 2.45) is 0 Å². The van der Waals surface area contributed by atoms with E-state index in [1.165, 1.54) is 21.6 Å². The van der Waals surface area contributed by atoms with Gasteiger partial charge in [0.05, 0.1) is 0 Å². The first kappa shape index (κ1) is 20.0. The smallest absolute Gasteiger partial charge is 0.179 e. The lowest BCUT2D eigenvalue weighted by Gasteiger charge is -2.34. The van der Waals surface area contributed by atoms with E-state index in [1.807, 2.05) is 6.07 Å². The Morgan fingerprint density at radius 3 is 2.59 bits per heavy atom. The summed E-state index contributed by atoms with van der Waals surface area (Å²) < 4.78 is 8.78. The predicted molar refractivity (Wildman–Crippen MR) is 120 cm³/mol. The Morgan fingerprint density at radius 2 is 1.86 bits per heavy atom. The number of benzene rings is 2. The maximum atomic E-state index is 5.46. The molecular formula is C24H29N3OS. The van der Waals surface area contributed by atoms with Crippen molar-refractivity contribution >= 4 is 17.8 Å². The summed E-state index contributed by atoms with van der Waals surface area (Å²) in [5.41, 5.74) is 4.22. The van der Waals surface area contributed by atoms with Gasteiger partial charge in [-0.05, 0) is 54.1 Å². The van der Waals surface area contributed by atoms with Gasteiger partial charge in [-0.3, -0.25) is 4.90 Å². The molecule has 0 spiro atoms. The number of rotatable bonds is 5. The Morgan fingerprint density at radius 1 is 1.07 bits per heavy atom. The molecule has 0 amide bonds. The lowest BCUT2D eigenvalue weighted by molar-refractivity contribution is 0.192. The van der Waals surface area contributed by atoms with Crippen LogP contribution in [0.15, 0.2) is 64.0 Å². The van der Waals surface area contributed by atoms with Crippen LogP contribution in [0.2, 0.25) is 0 Å². The molecule has 152 valence electrons. The van der Waals surface area contributed by atoms with Crippen LogP contribution in [0.25, 0.3) is 0 Å². The maximum Gasteiger partial charge on any atom is 0.179 e. The van der Waals surface area contributed by atoms with Gasteiger partial charge in [0.1, 0.15) is 5.76 Å². The van der Waals surface area contributed by atoms with Gasteiger partial charge in [0.15, 0.2) is 5.82 Å². The summed E-state index contributed by atoms with van der Waals surface area (Å²) in [6.07, 6.45) is 1.10. The second-order valence-corrected chi connectivity index (χ2v) is 9.65. The van der Waals surface area contributed by atoms with Gasteiger partial charge >= 0.3 is 0 Å². The lowest BCUT2D eigenvalue weighted by atomic mass is 9.93. The Labute approximate surface area is 177 Å². The van der Waals surface area contributed by atoms with E-state index in [9.17, 15) is 0 Å². The van der Waals surface area contributed by atoms with Gasteiger partial charge < -0.3 is 9.25 Å². The second-order valence-electron chi connectivity index (χ2n) is 8.77. The monoisotopic (exact) mass is 407 g/mol. The Hall–Kier alpha value is -2.24. The first-order chi connectivity index (χ1) is 13.9. The van der Waals surface area contributed by atoms with E-state index in [2.05, 4.69) is 91.0 Å². The molecule has 0 aliphatic carbocycles. The van der Waals surface area contributed by atoms with Crippen LogP contribution in [0.5, 0.6) is 0 Å². The van der Waals surface area contributed by atoms with Crippen molar-refractivity contribution < 1.29 is 4.52 Å². The second kappa shape index (κ2) is 8.25. The Kier molecular flexibility index (Phi) is 5.70. The molecule has 1 aromatic heterocycles. The fourth-order valence-corrected chi connectivity index (χ4v) is 4.34. The van der Waals surface area contributed by atoms with Gasteiger partial charge in [0.2, 0.25) is 0 Å². The van der Waals surface area contributed by atoms with E-state index in [1.54, 1.807) is 11.9 Å². The van der Waals surface area contributed by atoms with E-state index < -0.39 is 0 Å². The van der Waals surface area contributed by atoms with Crippen molar-refractivity contribution in [2.45, 2.75) is 57.0 Å². The van der Waals surface area contributed by atoms with Crippen LogP contribution in [0.3, 0.4) is 0 Å². The molecule has 4 rings (SSSR count). The summed E-state index contributed by atoms with van der Waals surface area (Å²) in [6.45, 7) is 10.8. The number of nitrogens with one attached hydrogen (secondary N) is 1. The van der Waals surface area contributed by atoms with E-state index in [4.69, 9.17) is 4.52 Å². The maximum absolute atomic E-state index is 5.46. The van der Waals surface area contributed by atoms with Crippen molar-refractivity contribution in [1.82, 2.24) is 10.1 Å². The van der Waals surface area contributed by atoms with Crippen LogP contribution >= 0.6 is 11.9 Å². The highest BCUT2D eigenvalue weighted by molar-refractivity contribution is 8.00. The molecule has 3 aromatic rings. The van der Waals surface area contributed by atoms with E-state index >= 15 is 0 Å². The molecule has 2 heterocycles. The molecule has 2 aromatic carbocycles. The molecule has 0 fully saturated rings. The Balaban J connectivity index is 1.43. The molecule has 1 atom stereocenters. The fraction of sp³-hybridized carbons (Fsp3) is 0.375. The standard InChI is InChI=1S/C24H29N3OS/c1-17(18-8-6-5-7-9-18)27-13-12-19-10-11-21(14-20(19)16-27)29-26-23-15-22(28-25-23)24(2,3)4/h5-11,14-15,17H,12-13,16H2,1-4H3,(H,25,26). The molecule has 29 heavy (non-hydrogen) atoms. The predicted octanol–water partition coefficient (Wildman–Crippen LogP) is 6.21. The number of hydrogen-bond acceptors (Lipinski definition) is 5. The molecule has 0 radical (unpaired) electrons. The molecule has 1 unspecified atom stereocenters. The average molecular weight is 408 g/mol.